The van der Waals surface area contributed by atoms with Gasteiger partial charge in [0.05, 0.1) is 0 Å². The number of hydrogen-bond donors (Lipinski definition) is 1. The van der Waals surface area contributed by atoms with Crippen molar-refractivity contribution in [3.05, 3.63) is 0 Å². The van der Waals surface area contributed by atoms with Crippen molar-refractivity contribution in [1.29, 1.82) is 0 Å². The van der Waals surface area contributed by atoms with Crippen LogP contribution in [0.4, 0.5) is 0 Å². The van der Waals surface area contributed by atoms with Gasteiger partial charge in [0.2, 0.25) is 0 Å². The molecule has 0 amide bonds. The van der Waals surface area contributed by atoms with Crippen molar-refractivity contribution >= 4 is 38.2 Å². The average molecular weight is 185 g/mol. The summed E-state index contributed by atoms with van der Waals surface area (Å²) in [6.45, 7) is 0. The van der Waals surface area contributed by atoms with Gasteiger partial charge in [-0.15, -0.1) is 0 Å². The second kappa shape index (κ2) is 1.05. The molecule has 48 valence electrons. The summed E-state index contributed by atoms with van der Waals surface area (Å²) < 4.78 is 0. The molecular formula is C2H8Cl3NS. The van der Waals surface area contributed by atoms with Gasteiger partial charge in [-0.3, -0.25) is 5.14 Å². The molecule has 0 unspecified atom stereocenters. The van der Waals surface area contributed by atoms with Crippen LogP contribution in [-0.4, -0.2) is 12.5 Å². The highest BCUT2D eigenvalue weighted by atomic mass is 36.2. The second-order valence-electron chi connectivity index (χ2n) is 2.25. The summed E-state index contributed by atoms with van der Waals surface area (Å²) in [6, 6.07) is 0. The molecule has 0 aromatic rings. The summed E-state index contributed by atoms with van der Waals surface area (Å²) >= 11 is 0. The minimum absolute atomic E-state index is 1.42. The zero-order valence-electron chi connectivity index (χ0n) is 4.12. The van der Waals surface area contributed by atoms with E-state index in [0.717, 1.165) is 0 Å². The highest BCUT2D eigenvalue weighted by Crippen LogP contribution is 2.90. The van der Waals surface area contributed by atoms with Crippen LogP contribution in [0.3, 0.4) is 0 Å². The van der Waals surface area contributed by atoms with E-state index in [1.54, 1.807) is 0 Å². The summed E-state index contributed by atoms with van der Waals surface area (Å²) in [5.74, 6) is 0. The molecule has 0 aromatic carbocycles. The van der Waals surface area contributed by atoms with E-state index in [1.165, 1.54) is 12.5 Å². The van der Waals surface area contributed by atoms with E-state index in [2.05, 4.69) is 0 Å². The lowest BCUT2D eigenvalue weighted by Gasteiger charge is -2.52. The van der Waals surface area contributed by atoms with E-state index < -0.39 is 6.12 Å². The fourth-order valence-corrected chi connectivity index (χ4v) is 0. The minimum atomic E-state index is -3.56. The van der Waals surface area contributed by atoms with Crippen LogP contribution in [0.5, 0.6) is 0 Å². The van der Waals surface area contributed by atoms with E-state index in [1.807, 2.05) is 0 Å². The van der Waals surface area contributed by atoms with E-state index >= 15 is 0 Å². The van der Waals surface area contributed by atoms with Crippen LogP contribution in [0, 0.1) is 0 Å². The van der Waals surface area contributed by atoms with Gasteiger partial charge in [-0.2, -0.15) is 0 Å². The molecule has 0 saturated heterocycles. The first-order valence-electron chi connectivity index (χ1n) is 1.52. The molecule has 0 saturated carbocycles. The molecule has 0 spiro atoms. The monoisotopic (exact) mass is 183 g/mol. The van der Waals surface area contributed by atoms with Gasteiger partial charge in [-0.25, -0.2) is 0 Å². The normalized spacial score (nSPS) is 23.1. The van der Waals surface area contributed by atoms with Crippen molar-refractivity contribution in [3.8, 4) is 0 Å². The van der Waals surface area contributed by atoms with Crippen LogP contribution in [0.2, 0.25) is 0 Å². The lowest BCUT2D eigenvalue weighted by Crippen LogP contribution is -2.21. The highest BCUT2D eigenvalue weighted by Gasteiger charge is 2.39. The zero-order valence-corrected chi connectivity index (χ0v) is 7.20. The molecule has 0 radical (unpaired) electrons. The maximum atomic E-state index is 5.47. The molecule has 0 aliphatic heterocycles. The van der Waals surface area contributed by atoms with E-state index in [9.17, 15) is 0 Å². The summed E-state index contributed by atoms with van der Waals surface area (Å²) in [7, 11) is 16.4. The van der Waals surface area contributed by atoms with Crippen LogP contribution in [-0.2, 0) is 0 Å². The SMILES string of the molecule is CS(C)(N)(Cl)(Cl)Cl. The Labute approximate surface area is 56.0 Å². The molecule has 0 bridgehead atoms. The molecule has 0 rings (SSSR count). The third-order valence-corrected chi connectivity index (χ3v) is 0. The number of rotatable bonds is 0. The van der Waals surface area contributed by atoms with Gasteiger partial charge in [0.15, 0.2) is 0 Å². The van der Waals surface area contributed by atoms with E-state index in [0.29, 0.717) is 0 Å². The van der Waals surface area contributed by atoms with E-state index in [4.69, 9.17) is 37.2 Å². The molecule has 2 N–H and O–H groups in total. The Bertz CT molecular complexity index is 71.5. The highest BCUT2D eigenvalue weighted by molar-refractivity contribution is 9.01. The first-order chi connectivity index (χ1) is 2.45. The van der Waals surface area contributed by atoms with Crippen LogP contribution in [0.15, 0.2) is 0 Å². The van der Waals surface area contributed by atoms with Gasteiger partial charge < -0.3 is 0 Å². The Morgan fingerprint density at radius 1 is 1.14 bits per heavy atom. The summed E-state index contributed by atoms with van der Waals surface area (Å²) in [4.78, 5) is 0. The van der Waals surface area contributed by atoms with Crippen LogP contribution in [0.1, 0.15) is 0 Å². The summed E-state index contributed by atoms with van der Waals surface area (Å²) in [5, 5.41) is 5.25. The number of hydrogen-bond acceptors (Lipinski definition) is 1. The average Bonchev–Trinajstić information content (AvgIpc) is 0.592. The summed E-state index contributed by atoms with van der Waals surface area (Å²) in [5.41, 5.74) is 0. The second-order valence-corrected chi connectivity index (χ2v) is 18.1. The standard InChI is InChI=1S/C2H8Cl3NS/c1-7(2,3,4,5)6/h6H2,1-2H3. The molecule has 0 aliphatic carbocycles. The lowest BCUT2D eigenvalue weighted by molar-refractivity contribution is 1.89. The predicted molar refractivity (Wildman–Crippen MR) is 41.2 cm³/mol. The molecule has 0 heterocycles. The van der Waals surface area contributed by atoms with Crippen molar-refractivity contribution < 1.29 is 0 Å². The summed E-state index contributed by atoms with van der Waals surface area (Å²) in [6.07, 6.45) is -0.713. The van der Waals surface area contributed by atoms with Gasteiger partial charge in [-0.1, -0.05) is 6.12 Å². The maximum Gasteiger partial charge on any atom is -0.00228 e. The van der Waals surface area contributed by atoms with Gasteiger partial charge in [0, 0.05) is 0 Å². The third-order valence-electron chi connectivity index (χ3n) is 0. The largest absolute Gasteiger partial charge is 0.277 e. The smallest absolute Gasteiger partial charge is 0.00228 e. The Balaban J connectivity index is 4.43. The van der Waals surface area contributed by atoms with Gasteiger partial charge in [-0.05, 0) is 44.6 Å². The fraction of sp³-hybridized carbons (Fsp3) is 1.00. The topological polar surface area (TPSA) is 26.0 Å². The Morgan fingerprint density at radius 2 is 1.14 bits per heavy atom. The molecule has 0 aromatic heterocycles. The third kappa shape index (κ3) is 138. The first kappa shape index (κ1) is 8.18. The van der Waals surface area contributed by atoms with Crippen LogP contribution < -0.4 is 5.14 Å². The fourth-order valence-electron chi connectivity index (χ4n) is 0. The minimum Gasteiger partial charge on any atom is -0.277 e. The van der Waals surface area contributed by atoms with Crippen molar-refractivity contribution in [3.63, 3.8) is 0 Å². The Hall–Kier alpha value is 1.18. The molecule has 0 atom stereocenters. The lowest BCUT2D eigenvalue weighted by atomic mass is 11.9. The quantitative estimate of drug-likeness (QED) is 0.615. The maximum absolute atomic E-state index is 5.47. The van der Waals surface area contributed by atoms with Crippen molar-refractivity contribution in [2.45, 2.75) is 0 Å². The van der Waals surface area contributed by atoms with Gasteiger partial charge in [0.1, 0.15) is 0 Å². The number of halogens is 3. The zero-order chi connectivity index (χ0) is 6.41. The predicted octanol–water partition coefficient (Wildman–Crippen LogP) is 2.46. The van der Waals surface area contributed by atoms with Crippen molar-refractivity contribution in [1.82, 2.24) is 0 Å². The van der Waals surface area contributed by atoms with Gasteiger partial charge in [0.25, 0.3) is 0 Å². The van der Waals surface area contributed by atoms with Crippen LogP contribution in [0.25, 0.3) is 0 Å². The van der Waals surface area contributed by atoms with Crippen LogP contribution >= 0.6 is 38.2 Å². The molecule has 0 fully saturated rings. The molecule has 1 nitrogen and oxygen atoms in total. The first-order valence-corrected chi connectivity index (χ1v) is 7.32. The molecule has 5 heteroatoms. The van der Waals surface area contributed by atoms with E-state index in [-0.39, 0.29) is 0 Å². The molecule has 7 heavy (non-hydrogen) atoms. The van der Waals surface area contributed by atoms with Gasteiger partial charge >= 0.3 is 0 Å². The van der Waals surface area contributed by atoms with Crippen molar-refractivity contribution in [2.24, 2.45) is 5.14 Å². The Morgan fingerprint density at radius 3 is 1.14 bits per heavy atom. The van der Waals surface area contributed by atoms with Crippen molar-refractivity contribution in [2.75, 3.05) is 12.5 Å². The number of nitrogens with two attached hydrogens (primary N) is 1. The molecule has 0 aliphatic rings. The molecular weight excluding hydrogens is 176 g/mol. The Kier molecular flexibility index (Phi) is 1.22.